The van der Waals surface area contributed by atoms with Crippen LogP contribution < -0.4 is 10.2 Å². The van der Waals surface area contributed by atoms with Crippen LogP contribution in [0.5, 0.6) is 11.5 Å². The number of ether oxygens (including phenoxy) is 1. The molecule has 0 saturated heterocycles. The summed E-state index contributed by atoms with van der Waals surface area (Å²) in [6, 6.07) is 31.0. The second-order valence-electron chi connectivity index (χ2n) is 6.92. The Labute approximate surface area is 167 Å². The van der Waals surface area contributed by atoms with E-state index in [1.807, 2.05) is 60.7 Å². The maximum atomic E-state index is 12.0. The van der Waals surface area contributed by atoms with Crippen molar-refractivity contribution in [1.29, 1.82) is 0 Å². The number of benzene rings is 4. The summed E-state index contributed by atoms with van der Waals surface area (Å²) >= 11 is 0. The van der Waals surface area contributed by atoms with Gasteiger partial charge in [0.2, 0.25) is 5.43 Å². The third-order valence-electron chi connectivity index (χ3n) is 5.03. The van der Waals surface area contributed by atoms with Crippen LogP contribution in [0.15, 0.2) is 106 Å². The average molecular weight is 378 g/mol. The number of fused-ring (bicyclic) bond motifs is 4. The van der Waals surface area contributed by atoms with Gasteiger partial charge in [0.15, 0.2) is 0 Å². The van der Waals surface area contributed by atoms with E-state index in [-0.39, 0.29) is 5.43 Å². The first-order chi connectivity index (χ1) is 14.3. The molecule has 0 amide bonds. The second-order valence-corrected chi connectivity index (χ2v) is 6.92. The minimum absolute atomic E-state index is 0.0347. The van der Waals surface area contributed by atoms with E-state index < -0.39 is 0 Å². The lowest BCUT2D eigenvalue weighted by atomic mass is 10.0. The van der Waals surface area contributed by atoms with E-state index in [0.717, 1.165) is 17.9 Å². The van der Waals surface area contributed by atoms with E-state index in [9.17, 15) is 4.79 Å². The van der Waals surface area contributed by atoms with E-state index in [4.69, 9.17) is 9.15 Å². The van der Waals surface area contributed by atoms with Gasteiger partial charge < -0.3 is 9.15 Å². The van der Waals surface area contributed by atoms with Crippen LogP contribution in [-0.2, 0) is 6.42 Å². The van der Waals surface area contributed by atoms with E-state index in [1.54, 1.807) is 12.1 Å². The highest BCUT2D eigenvalue weighted by Crippen LogP contribution is 2.35. The summed E-state index contributed by atoms with van der Waals surface area (Å²) in [6.07, 6.45) is 0.979. The van der Waals surface area contributed by atoms with Crippen LogP contribution in [0.4, 0.5) is 0 Å². The Morgan fingerprint density at radius 2 is 1.00 bits per heavy atom. The Hall–Kier alpha value is -3.85. The molecule has 29 heavy (non-hydrogen) atoms. The van der Waals surface area contributed by atoms with Crippen molar-refractivity contribution in [1.82, 2.24) is 0 Å². The Morgan fingerprint density at radius 3 is 1.55 bits per heavy atom. The van der Waals surface area contributed by atoms with Gasteiger partial charge in [-0.25, -0.2) is 0 Å². The predicted molar refractivity (Wildman–Crippen MR) is 116 cm³/mol. The molecule has 0 fully saturated rings. The fourth-order valence-corrected chi connectivity index (χ4v) is 3.57. The van der Waals surface area contributed by atoms with Crippen molar-refractivity contribution in [2.24, 2.45) is 0 Å². The summed E-state index contributed by atoms with van der Waals surface area (Å²) in [6.45, 7) is 0. The lowest BCUT2D eigenvalue weighted by molar-refractivity contribution is 0.460. The van der Waals surface area contributed by atoms with E-state index >= 15 is 0 Å². The van der Waals surface area contributed by atoms with Crippen LogP contribution in [-0.4, -0.2) is 0 Å². The predicted octanol–water partition coefficient (Wildman–Crippen LogP) is 6.33. The Morgan fingerprint density at radius 1 is 0.552 bits per heavy atom. The van der Waals surface area contributed by atoms with Crippen LogP contribution in [0, 0.1) is 0 Å². The summed E-state index contributed by atoms with van der Waals surface area (Å²) < 4.78 is 11.4. The summed E-state index contributed by atoms with van der Waals surface area (Å²) in [5.41, 5.74) is 3.85. The Kier molecular flexibility index (Phi) is 4.34. The molecule has 4 aromatic carbocycles. The molecule has 5 aromatic rings. The smallest absolute Gasteiger partial charge is 0.200 e. The SMILES string of the molecule is O=c1c2ccccc2oc2ccccc12.c1ccc2c(c1)Cc1ccccc1O2. The molecule has 0 aliphatic carbocycles. The van der Waals surface area contributed by atoms with Crippen LogP contribution in [0.1, 0.15) is 11.1 Å². The highest BCUT2D eigenvalue weighted by Gasteiger charge is 2.14. The van der Waals surface area contributed by atoms with E-state index in [2.05, 4.69) is 24.3 Å². The Balaban J connectivity index is 0.000000125. The molecule has 3 heteroatoms. The number of para-hydroxylation sites is 4. The minimum Gasteiger partial charge on any atom is -0.457 e. The zero-order valence-electron chi connectivity index (χ0n) is 15.7. The number of hydrogen-bond acceptors (Lipinski definition) is 3. The molecular formula is C26H18O3. The van der Waals surface area contributed by atoms with Gasteiger partial charge >= 0.3 is 0 Å². The fraction of sp³-hybridized carbons (Fsp3) is 0.0385. The fourth-order valence-electron chi connectivity index (χ4n) is 3.57. The lowest BCUT2D eigenvalue weighted by Crippen LogP contribution is -2.01. The molecule has 2 heterocycles. The molecule has 1 aromatic heterocycles. The maximum absolute atomic E-state index is 12.0. The minimum atomic E-state index is 0.0347. The first kappa shape index (κ1) is 17.3. The average Bonchev–Trinajstić information content (AvgIpc) is 2.78. The lowest BCUT2D eigenvalue weighted by Gasteiger charge is -2.19. The third-order valence-corrected chi connectivity index (χ3v) is 5.03. The maximum Gasteiger partial charge on any atom is 0.200 e. The van der Waals surface area contributed by atoms with Crippen molar-refractivity contribution in [2.75, 3.05) is 0 Å². The molecule has 0 spiro atoms. The van der Waals surface area contributed by atoms with Crippen LogP contribution in [0.2, 0.25) is 0 Å². The molecule has 0 bridgehead atoms. The van der Waals surface area contributed by atoms with Crippen LogP contribution in [0.25, 0.3) is 21.9 Å². The van der Waals surface area contributed by atoms with E-state index in [1.165, 1.54) is 11.1 Å². The van der Waals surface area contributed by atoms with Gasteiger partial charge in [0.25, 0.3) is 0 Å². The molecule has 0 saturated carbocycles. The van der Waals surface area contributed by atoms with Gasteiger partial charge in [0.1, 0.15) is 22.7 Å². The molecular weight excluding hydrogens is 360 g/mol. The molecule has 3 nitrogen and oxygen atoms in total. The van der Waals surface area contributed by atoms with Gasteiger partial charge in [-0.1, -0.05) is 60.7 Å². The monoisotopic (exact) mass is 378 g/mol. The zero-order chi connectivity index (χ0) is 19.6. The molecule has 0 atom stereocenters. The van der Waals surface area contributed by atoms with E-state index in [0.29, 0.717) is 21.9 Å². The molecule has 140 valence electrons. The zero-order valence-corrected chi connectivity index (χ0v) is 15.7. The molecule has 0 radical (unpaired) electrons. The topological polar surface area (TPSA) is 39.4 Å². The normalized spacial score (nSPS) is 11.7. The van der Waals surface area contributed by atoms with Crippen molar-refractivity contribution < 1.29 is 9.15 Å². The summed E-state index contributed by atoms with van der Waals surface area (Å²) in [5.74, 6) is 1.98. The van der Waals surface area contributed by atoms with Crippen molar-refractivity contribution >= 4 is 21.9 Å². The summed E-state index contributed by atoms with van der Waals surface area (Å²) in [5, 5.41) is 1.27. The van der Waals surface area contributed by atoms with Gasteiger partial charge in [0, 0.05) is 6.42 Å². The summed E-state index contributed by atoms with van der Waals surface area (Å²) in [7, 11) is 0. The molecule has 1 aliphatic rings. The number of rotatable bonds is 0. The quantitative estimate of drug-likeness (QED) is 0.290. The van der Waals surface area contributed by atoms with Crippen molar-refractivity contribution in [2.45, 2.75) is 6.42 Å². The molecule has 6 rings (SSSR count). The summed E-state index contributed by atoms with van der Waals surface area (Å²) in [4.78, 5) is 12.0. The van der Waals surface area contributed by atoms with Gasteiger partial charge in [0.05, 0.1) is 10.8 Å². The van der Waals surface area contributed by atoms with Gasteiger partial charge in [-0.05, 0) is 47.5 Å². The third kappa shape index (κ3) is 3.27. The largest absolute Gasteiger partial charge is 0.457 e. The van der Waals surface area contributed by atoms with Crippen LogP contribution >= 0.6 is 0 Å². The van der Waals surface area contributed by atoms with Crippen molar-refractivity contribution in [3.8, 4) is 11.5 Å². The Bertz CT molecular complexity index is 1240. The highest BCUT2D eigenvalue weighted by atomic mass is 16.5. The van der Waals surface area contributed by atoms with Gasteiger partial charge in [-0.3, -0.25) is 4.79 Å². The first-order valence-electron chi connectivity index (χ1n) is 9.54. The van der Waals surface area contributed by atoms with Crippen molar-refractivity contribution in [3.05, 3.63) is 118 Å². The van der Waals surface area contributed by atoms with Crippen LogP contribution in [0.3, 0.4) is 0 Å². The standard InChI is InChI=1S/C13H8O2.C13H10O/c14-13-9-5-1-3-7-11(9)15-12-8-4-2-6-10(12)13;1-3-7-12-10(5-1)9-11-6-2-4-8-13(11)14-12/h1-8H;1-8H,9H2. The highest BCUT2D eigenvalue weighted by molar-refractivity contribution is 5.89. The number of hydrogen-bond donors (Lipinski definition) is 0. The molecule has 0 unspecified atom stereocenters. The van der Waals surface area contributed by atoms with Gasteiger partial charge in [-0.2, -0.15) is 0 Å². The van der Waals surface area contributed by atoms with Crippen molar-refractivity contribution in [3.63, 3.8) is 0 Å². The first-order valence-corrected chi connectivity index (χ1v) is 9.54. The second kappa shape index (κ2) is 7.28. The molecule has 0 N–H and O–H groups in total. The van der Waals surface area contributed by atoms with Gasteiger partial charge in [-0.15, -0.1) is 0 Å². The molecule has 1 aliphatic heterocycles.